The Hall–Kier alpha value is -3.85. The van der Waals surface area contributed by atoms with Gasteiger partial charge in [-0.3, -0.25) is 14.5 Å². The number of hydrogen-bond acceptors (Lipinski definition) is 8. The van der Waals surface area contributed by atoms with E-state index in [1.807, 2.05) is 13.8 Å². The molecule has 1 aromatic heterocycles. The van der Waals surface area contributed by atoms with Gasteiger partial charge in [0, 0.05) is 17.1 Å². The van der Waals surface area contributed by atoms with Gasteiger partial charge >= 0.3 is 5.91 Å². The first-order valence-electron chi connectivity index (χ1n) is 12.3. The van der Waals surface area contributed by atoms with Gasteiger partial charge in [-0.2, -0.15) is 0 Å². The number of ketones is 1. The van der Waals surface area contributed by atoms with Gasteiger partial charge in [0.05, 0.1) is 31.4 Å². The average Bonchev–Trinajstić information content (AvgIpc) is 3.52. The van der Waals surface area contributed by atoms with Crippen molar-refractivity contribution in [2.45, 2.75) is 39.7 Å². The highest BCUT2D eigenvalue weighted by atomic mass is 32.1. The monoisotopic (exact) mass is 522 g/mol. The van der Waals surface area contributed by atoms with Crippen molar-refractivity contribution in [1.29, 1.82) is 0 Å². The zero-order valence-electron chi connectivity index (χ0n) is 21.1. The molecule has 37 heavy (non-hydrogen) atoms. The number of benzene rings is 2. The van der Waals surface area contributed by atoms with Crippen LogP contribution < -0.4 is 19.1 Å². The third-order valence-corrected chi connectivity index (χ3v) is 6.62. The van der Waals surface area contributed by atoms with E-state index in [1.165, 1.54) is 16.2 Å². The predicted molar refractivity (Wildman–Crippen MR) is 143 cm³/mol. The van der Waals surface area contributed by atoms with Crippen molar-refractivity contribution in [3.8, 4) is 17.2 Å². The van der Waals surface area contributed by atoms with E-state index in [0.29, 0.717) is 53.3 Å². The van der Waals surface area contributed by atoms with Crippen LogP contribution in [-0.2, 0) is 9.59 Å². The summed E-state index contributed by atoms with van der Waals surface area (Å²) in [5, 5.41) is 13.4. The van der Waals surface area contributed by atoms with Crippen molar-refractivity contribution in [3.05, 3.63) is 70.7 Å². The average molecular weight is 523 g/mol. The fraction of sp³-hybridized carbons (Fsp3) is 0.321. The third kappa shape index (κ3) is 5.46. The summed E-state index contributed by atoms with van der Waals surface area (Å²) < 4.78 is 17.2. The van der Waals surface area contributed by atoms with E-state index in [-0.39, 0.29) is 11.3 Å². The molecule has 1 aliphatic heterocycles. The number of nitrogens with zero attached hydrogens (tertiary/aromatic N) is 2. The van der Waals surface area contributed by atoms with Gasteiger partial charge in [0.15, 0.2) is 16.6 Å². The van der Waals surface area contributed by atoms with Crippen LogP contribution >= 0.6 is 11.3 Å². The Bertz CT molecular complexity index is 1270. The molecular weight excluding hydrogens is 492 g/mol. The molecule has 0 spiro atoms. The maximum atomic E-state index is 13.3. The van der Waals surface area contributed by atoms with Crippen LogP contribution in [0.25, 0.3) is 5.76 Å². The first kappa shape index (κ1) is 26.2. The van der Waals surface area contributed by atoms with Crippen molar-refractivity contribution in [1.82, 2.24) is 4.98 Å². The van der Waals surface area contributed by atoms with E-state index < -0.39 is 17.7 Å². The van der Waals surface area contributed by atoms with E-state index in [4.69, 9.17) is 14.2 Å². The van der Waals surface area contributed by atoms with Gasteiger partial charge < -0.3 is 19.3 Å². The topological polar surface area (TPSA) is 98.2 Å². The number of anilines is 1. The van der Waals surface area contributed by atoms with Gasteiger partial charge in [-0.05, 0) is 62.2 Å². The van der Waals surface area contributed by atoms with Crippen LogP contribution in [0.5, 0.6) is 17.2 Å². The standard InChI is InChI=1S/C28H30N2O6S/c1-4-7-15-36-21-13-10-19(17-22(21)35-6-3)24-23(25(31)18-8-11-20(12-9-18)34-5-2)26(32)27(33)30(24)28-29-14-16-37-28/h8-14,16-17,24,31H,4-7,15H2,1-3H3/b25-23+. The van der Waals surface area contributed by atoms with Gasteiger partial charge in [0.1, 0.15) is 11.5 Å². The van der Waals surface area contributed by atoms with Crippen LogP contribution in [0.2, 0.25) is 0 Å². The second-order valence-electron chi connectivity index (χ2n) is 8.28. The third-order valence-electron chi connectivity index (χ3n) is 5.85. The van der Waals surface area contributed by atoms with Crippen molar-refractivity contribution in [3.63, 3.8) is 0 Å². The number of aromatic nitrogens is 1. The summed E-state index contributed by atoms with van der Waals surface area (Å²) in [5.74, 6) is -0.0920. The number of carbonyl (C=O) groups excluding carboxylic acids is 2. The van der Waals surface area contributed by atoms with Crippen molar-refractivity contribution in [2.75, 3.05) is 24.7 Å². The molecule has 2 aromatic carbocycles. The second-order valence-corrected chi connectivity index (χ2v) is 9.16. The minimum atomic E-state index is -0.901. The number of hydrogen-bond donors (Lipinski definition) is 1. The molecule has 1 fully saturated rings. The van der Waals surface area contributed by atoms with Crippen LogP contribution in [0.3, 0.4) is 0 Å². The number of Topliss-reactive ketones (excluding diaryl/α,β-unsaturated/α-hetero) is 1. The second kappa shape index (κ2) is 11.9. The number of amides is 1. The molecule has 0 bridgehead atoms. The minimum Gasteiger partial charge on any atom is -0.507 e. The van der Waals surface area contributed by atoms with E-state index in [0.717, 1.165) is 12.8 Å². The molecule has 4 rings (SSSR count). The highest BCUT2D eigenvalue weighted by Gasteiger charge is 2.48. The smallest absolute Gasteiger partial charge is 0.301 e. The van der Waals surface area contributed by atoms with Gasteiger partial charge in [-0.1, -0.05) is 19.4 Å². The lowest BCUT2D eigenvalue weighted by atomic mass is 9.95. The molecule has 0 aliphatic carbocycles. The van der Waals surface area contributed by atoms with Gasteiger partial charge in [0.2, 0.25) is 0 Å². The van der Waals surface area contributed by atoms with Gasteiger partial charge in [-0.25, -0.2) is 4.98 Å². The molecule has 0 saturated carbocycles. The van der Waals surface area contributed by atoms with Crippen molar-refractivity contribution >= 4 is 33.9 Å². The molecule has 2 heterocycles. The lowest BCUT2D eigenvalue weighted by Crippen LogP contribution is -2.29. The van der Waals surface area contributed by atoms with Crippen LogP contribution in [0.15, 0.2) is 59.6 Å². The largest absolute Gasteiger partial charge is 0.507 e. The summed E-state index contributed by atoms with van der Waals surface area (Å²) in [5.41, 5.74) is 0.967. The predicted octanol–water partition coefficient (Wildman–Crippen LogP) is 5.75. The number of aliphatic hydroxyl groups excluding tert-OH is 1. The molecule has 8 nitrogen and oxygen atoms in total. The SMILES string of the molecule is CCCCOc1ccc(C2/C(=C(\O)c3ccc(OCC)cc3)C(=O)C(=O)N2c2nccs2)cc1OCC. The Morgan fingerprint density at radius 2 is 1.76 bits per heavy atom. The van der Waals surface area contributed by atoms with Crippen LogP contribution in [0.1, 0.15) is 50.8 Å². The molecule has 1 aliphatic rings. The Morgan fingerprint density at radius 1 is 1.00 bits per heavy atom. The molecule has 1 unspecified atom stereocenters. The van der Waals surface area contributed by atoms with Gasteiger partial charge in [-0.15, -0.1) is 11.3 Å². The number of aliphatic hydroxyl groups is 1. The summed E-state index contributed by atoms with van der Waals surface area (Å²) in [7, 11) is 0. The summed E-state index contributed by atoms with van der Waals surface area (Å²) in [4.78, 5) is 32.2. The molecule has 3 aromatic rings. The molecule has 194 valence electrons. The maximum Gasteiger partial charge on any atom is 0.301 e. The van der Waals surface area contributed by atoms with Gasteiger partial charge in [0.25, 0.3) is 5.78 Å². The summed E-state index contributed by atoms with van der Waals surface area (Å²) in [6.07, 6.45) is 3.47. The Kier molecular flexibility index (Phi) is 8.45. The number of carbonyl (C=O) groups is 2. The molecule has 1 amide bonds. The summed E-state index contributed by atoms with van der Waals surface area (Å²) >= 11 is 1.24. The highest BCUT2D eigenvalue weighted by molar-refractivity contribution is 7.14. The molecule has 9 heteroatoms. The lowest BCUT2D eigenvalue weighted by Gasteiger charge is -2.24. The molecular formula is C28H30N2O6S. The first-order chi connectivity index (χ1) is 18.0. The number of thiazole rings is 1. The molecule has 1 atom stereocenters. The first-order valence-corrected chi connectivity index (χ1v) is 13.2. The zero-order chi connectivity index (χ0) is 26.4. The van der Waals surface area contributed by atoms with Crippen molar-refractivity contribution < 1.29 is 28.9 Å². The number of ether oxygens (including phenoxy) is 3. The summed E-state index contributed by atoms with van der Waals surface area (Å²) in [6, 6.07) is 11.1. The Labute approximate surface area is 220 Å². The molecule has 1 N–H and O–H groups in total. The fourth-order valence-electron chi connectivity index (χ4n) is 4.12. The Morgan fingerprint density at radius 3 is 2.41 bits per heavy atom. The van der Waals surface area contributed by atoms with E-state index >= 15 is 0 Å². The normalized spacial score (nSPS) is 16.7. The molecule has 1 saturated heterocycles. The van der Waals surface area contributed by atoms with E-state index in [9.17, 15) is 14.7 Å². The zero-order valence-corrected chi connectivity index (χ0v) is 21.9. The minimum absolute atomic E-state index is 0.0218. The molecule has 0 radical (unpaired) electrons. The van der Waals surface area contributed by atoms with Crippen LogP contribution in [0.4, 0.5) is 5.13 Å². The van der Waals surface area contributed by atoms with Crippen LogP contribution in [0, 0.1) is 0 Å². The summed E-state index contributed by atoms with van der Waals surface area (Å²) in [6.45, 7) is 7.30. The number of rotatable bonds is 11. The fourth-order valence-corrected chi connectivity index (χ4v) is 4.79. The van der Waals surface area contributed by atoms with Crippen molar-refractivity contribution in [2.24, 2.45) is 0 Å². The maximum absolute atomic E-state index is 13.3. The Balaban J connectivity index is 1.83. The number of unbranched alkanes of at least 4 members (excludes halogenated alkanes) is 1. The van der Waals surface area contributed by atoms with E-state index in [1.54, 1.807) is 54.0 Å². The van der Waals surface area contributed by atoms with Crippen LogP contribution in [-0.4, -0.2) is 41.6 Å². The quantitative estimate of drug-likeness (QED) is 0.148. The highest BCUT2D eigenvalue weighted by Crippen LogP contribution is 2.44. The lowest BCUT2D eigenvalue weighted by molar-refractivity contribution is -0.132. The van der Waals surface area contributed by atoms with E-state index in [2.05, 4.69) is 11.9 Å².